The smallest absolute Gasteiger partial charge is 0.256 e. The van der Waals surface area contributed by atoms with E-state index in [0.717, 1.165) is 19.3 Å². The molecule has 0 aliphatic carbocycles. The maximum absolute atomic E-state index is 11.6. The Labute approximate surface area is 120 Å². The third-order valence-corrected chi connectivity index (χ3v) is 4.66. The Kier molecular flexibility index (Phi) is 3.01. The fraction of sp³-hybridized carbons (Fsp3) is 0.125. The van der Waals surface area contributed by atoms with E-state index in [9.17, 15) is 4.79 Å². The maximum Gasteiger partial charge on any atom is 0.256 e. The molecule has 2 nitrogen and oxygen atoms in total. The normalized spacial score (nSPS) is 17.9. The molecule has 1 aliphatic heterocycles. The highest BCUT2D eigenvalue weighted by Crippen LogP contribution is 2.50. The largest absolute Gasteiger partial charge is 0.323 e. The Morgan fingerprint density at radius 1 is 1.36 bits per heavy atom. The zero-order chi connectivity index (χ0) is 10.5. The molecule has 0 radical (unpaired) electrons. The first kappa shape index (κ1) is 11.3. The van der Waals surface area contributed by atoms with Crippen molar-refractivity contribution in [1.82, 2.24) is 0 Å². The van der Waals surface area contributed by atoms with Gasteiger partial charge in [-0.05, 0) is 34.7 Å². The van der Waals surface area contributed by atoms with E-state index in [4.69, 9.17) is 0 Å². The van der Waals surface area contributed by atoms with Gasteiger partial charge in [-0.3, -0.25) is 4.79 Å². The lowest BCUT2D eigenvalue weighted by atomic mass is 10.2. The summed E-state index contributed by atoms with van der Waals surface area (Å²) in [6.07, 6.45) is 0. The van der Waals surface area contributed by atoms with Crippen LogP contribution in [0.15, 0.2) is 16.6 Å². The van der Waals surface area contributed by atoms with Gasteiger partial charge in [0.15, 0.2) is 3.23 Å². The van der Waals surface area contributed by atoms with E-state index >= 15 is 0 Å². The molecule has 0 saturated carbocycles. The second-order valence-corrected chi connectivity index (χ2v) is 8.38. The quantitative estimate of drug-likeness (QED) is 0.429. The van der Waals surface area contributed by atoms with Crippen LogP contribution in [-0.4, -0.2) is 5.91 Å². The lowest BCUT2D eigenvalue weighted by Gasteiger charge is -2.12. The summed E-state index contributed by atoms with van der Waals surface area (Å²) in [4.78, 5) is 11.6. The van der Waals surface area contributed by atoms with Gasteiger partial charge in [-0.15, -0.1) is 0 Å². The van der Waals surface area contributed by atoms with Crippen LogP contribution in [-0.2, 0) is 8.03 Å². The van der Waals surface area contributed by atoms with Crippen LogP contribution in [0.5, 0.6) is 0 Å². The third-order valence-electron chi connectivity index (χ3n) is 1.90. The fourth-order valence-electron chi connectivity index (χ4n) is 1.31. The minimum Gasteiger partial charge on any atom is -0.323 e. The minimum atomic E-state index is -0.807. The molecule has 0 unspecified atom stereocenters. The zero-order valence-electron chi connectivity index (χ0n) is 6.57. The molecule has 0 fully saturated rings. The van der Waals surface area contributed by atoms with E-state index < -0.39 is 3.23 Å². The van der Waals surface area contributed by atoms with Gasteiger partial charge in [0.2, 0.25) is 0 Å². The lowest BCUT2D eigenvalue weighted by Crippen LogP contribution is -2.20. The molecule has 74 valence electrons. The summed E-state index contributed by atoms with van der Waals surface area (Å²) in [5.74, 6) is -0.102. The molecule has 1 aromatic carbocycles. The molecular formula is C8H3Br3INO. The fourth-order valence-corrected chi connectivity index (χ4v) is 4.70. The Morgan fingerprint density at radius 3 is 2.64 bits per heavy atom. The van der Waals surface area contributed by atoms with Crippen molar-refractivity contribution in [2.75, 3.05) is 5.32 Å². The van der Waals surface area contributed by atoms with Crippen molar-refractivity contribution >= 4 is 82.0 Å². The molecule has 0 atom stereocenters. The average molecular weight is 496 g/mol. The number of hydrogen-bond donors (Lipinski definition) is 1. The van der Waals surface area contributed by atoms with Crippen LogP contribution in [0.1, 0.15) is 5.56 Å². The third kappa shape index (κ3) is 1.68. The molecule has 1 heterocycles. The number of alkyl halides is 2. The number of hydrogen-bond acceptors (Lipinski definition) is 1. The van der Waals surface area contributed by atoms with Crippen LogP contribution in [0, 0.1) is 3.57 Å². The van der Waals surface area contributed by atoms with Gasteiger partial charge in [0.1, 0.15) is 0 Å². The van der Waals surface area contributed by atoms with Crippen molar-refractivity contribution in [3.8, 4) is 0 Å². The van der Waals surface area contributed by atoms with E-state index in [2.05, 4.69) is 75.7 Å². The molecule has 0 saturated heterocycles. The molecule has 0 bridgehead atoms. The van der Waals surface area contributed by atoms with Gasteiger partial charge in [-0.2, -0.15) is 0 Å². The first-order valence-corrected chi connectivity index (χ1v) is 7.07. The zero-order valence-corrected chi connectivity index (χ0v) is 13.5. The number of amides is 1. The van der Waals surface area contributed by atoms with Crippen molar-refractivity contribution in [2.24, 2.45) is 0 Å². The lowest BCUT2D eigenvalue weighted by molar-refractivity contribution is -0.115. The maximum atomic E-state index is 11.6. The van der Waals surface area contributed by atoms with Gasteiger partial charge in [-0.25, -0.2) is 0 Å². The van der Waals surface area contributed by atoms with E-state index in [0.29, 0.717) is 0 Å². The van der Waals surface area contributed by atoms with Gasteiger partial charge >= 0.3 is 0 Å². The second-order valence-electron chi connectivity index (χ2n) is 2.84. The van der Waals surface area contributed by atoms with E-state index in [1.54, 1.807) is 0 Å². The number of anilines is 1. The Bertz CT molecular complexity index is 433. The molecule has 0 aromatic heterocycles. The van der Waals surface area contributed by atoms with E-state index in [1.165, 1.54) is 0 Å². The highest BCUT2D eigenvalue weighted by atomic mass is 127. The van der Waals surface area contributed by atoms with E-state index in [1.807, 2.05) is 12.1 Å². The first-order chi connectivity index (χ1) is 6.43. The van der Waals surface area contributed by atoms with Crippen molar-refractivity contribution in [3.05, 3.63) is 25.7 Å². The van der Waals surface area contributed by atoms with E-state index in [-0.39, 0.29) is 5.91 Å². The van der Waals surface area contributed by atoms with Gasteiger partial charge in [-0.1, -0.05) is 47.8 Å². The summed E-state index contributed by atoms with van der Waals surface area (Å²) in [5.41, 5.74) is 1.73. The molecule has 1 N–H and O–H groups in total. The Balaban J connectivity index is 2.71. The Hall–Kier alpha value is 0.860. The minimum absolute atomic E-state index is 0.102. The molecular weight excluding hydrogens is 493 g/mol. The number of rotatable bonds is 0. The van der Waals surface area contributed by atoms with Gasteiger partial charge in [0, 0.05) is 19.3 Å². The van der Waals surface area contributed by atoms with Gasteiger partial charge < -0.3 is 5.32 Å². The van der Waals surface area contributed by atoms with Crippen molar-refractivity contribution in [3.63, 3.8) is 0 Å². The standard InChI is InChI=1S/C8H3Br3INO/c9-4-1-3(12)2-5-6(4)8(10,11)7(14)13-5/h1-2H,(H,13,14). The summed E-state index contributed by atoms with van der Waals surface area (Å²) in [5, 5.41) is 2.80. The molecule has 2 rings (SSSR count). The molecule has 1 aliphatic rings. The second kappa shape index (κ2) is 3.71. The monoisotopic (exact) mass is 493 g/mol. The van der Waals surface area contributed by atoms with Crippen LogP contribution in [0.2, 0.25) is 0 Å². The predicted molar refractivity (Wildman–Crippen MR) is 75.0 cm³/mol. The highest BCUT2D eigenvalue weighted by molar-refractivity contribution is 14.1. The molecule has 1 aromatic rings. The SMILES string of the molecule is O=C1Nc2cc(I)cc(Br)c2C1(Br)Br. The average Bonchev–Trinajstić information content (AvgIpc) is 2.21. The van der Waals surface area contributed by atoms with Crippen molar-refractivity contribution in [1.29, 1.82) is 0 Å². The number of nitrogens with one attached hydrogen (secondary N) is 1. The number of halogens is 4. The number of fused-ring (bicyclic) bond motifs is 1. The van der Waals surface area contributed by atoms with Crippen LogP contribution in [0.25, 0.3) is 0 Å². The summed E-state index contributed by atoms with van der Waals surface area (Å²) < 4.78 is 1.18. The van der Waals surface area contributed by atoms with Crippen LogP contribution >= 0.6 is 70.4 Å². The molecule has 1 amide bonds. The summed E-state index contributed by atoms with van der Waals surface area (Å²) in [7, 11) is 0. The van der Waals surface area contributed by atoms with Crippen LogP contribution in [0.4, 0.5) is 5.69 Å². The summed E-state index contributed by atoms with van der Waals surface area (Å²) in [6, 6.07) is 3.90. The predicted octanol–water partition coefficient (Wildman–Crippen LogP) is 3.95. The number of carbonyl (C=O) groups is 1. The number of carbonyl (C=O) groups excluding carboxylic acids is 1. The summed E-state index contributed by atoms with van der Waals surface area (Å²) >= 11 is 12.4. The number of benzene rings is 1. The van der Waals surface area contributed by atoms with Crippen molar-refractivity contribution < 1.29 is 4.79 Å². The topological polar surface area (TPSA) is 29.1 Å². The van der Waals surface area contributed by atoms with Gasteiger partial charge in [0.25, 0.3) is 5.91 Å². The van der Waals surface area contributed by atoms with Crippen LogP contribution < -0.4 is 5.32 Å². The van der Waals surface area contributed by atoms with Gasteiger partial charge in [0.05, 0.1) is 0 Å². The summed E-state index contributed by atoms with van der Waals surface area (Å²) in [6.45, 7) is 0. The molecule has 14 heavy (non-hydrogen) atoms. The molecule has 0 spiro atoms. The first-order valence-electron chi connectivity index (χ1n) is 3.61. The molecule has 6 heteroatoms. The van der Waals surface area contributed by atoms with Crippen LogP contribution in [0.3, 0.4) is 0 Å². The Morgan fingerprint density at radius 2 is 2.00 bits per heavy atom. The highest BCUT2D eigenvalue weighted by Gasteiger charge is 2.44. The van der Waals surface area contributed by atoms with Crippen molar-refractivity contribution in [2.45, 2.75) is 3.23 Å².